The number of phenols is 1. The van der Waals surface area contributed by atoms with Crippen molar-refractivity contribution in [3.63, 3.8) is 0 Å². The van der Waals surface area contributed by atoms with Crippen molar-refractivity contribution in [2.75, 3.05) is 5.32 Å². The largest absolute Gasteiger partial charge is 0.506 e. The van der Waals surface area contributed by atoms with Crippen LogP contribution in [0, 0.1) is 0 Å². The molecule has 5 nitrogen and oxygen atoms in total. The maximum Gasteiger partial charge on any atom is 0.257 e. The van der Waals surface area contributed by atoms with Gasteiger partial charge in [-0.05, 0) is 86.0 Å². The highest BCUT2D eigenvalue weighted by Crippen LogP contribution is 2.35. The van der Waals surface area contributed by atoms with Crippen LogP contribution in [-0.2, 0) is 6.61 Å². The minimum atomic E-state index is -0.332. The Kier molecular flexibility index (Phi) is 7.24. The molecule has 0 fully saturated rings. The fourth-order valence-electron chi connectivity index (χ4n) is 2.46. The van der Waals surface area contributed by atoms with E-state index in [1.807, 2.05) is 36.4 Å². The van der Waals surface area contributed by atoms with Crippen LogP contribution < -0.4 is 15.4 Å². The van der Waals surface area contributed by atoms with E-state index in [0.29, 0.717) is 26.8 Å². The van der Waals surface area contributed by atoms with E-state index in [9.17, 15) is 9.90 Å². The standard InChI is InChI=1S/C21H16Br2N2O3S/c22-17-10-15(11-18(23)19(17)26)24-21(29)25-20(27)14-6-4-5-13(9-14)12-28-16-7-2-1-3-8-16/h1-11,26H,12H2,(H2,24,25,27,29). The Bertz CT molecular complexity index is 1020. The highest BCUT2D eigenvalue weighted by molar-refractivity contribution is 9.11. The van der Waals surface area contributed by atoms with Crippen LogP contribution in [0.3, 0.4) is 0 Å². The molecule has 3 aromatic rings. The van der Waals surface area contributed by atoms with Gasteiger partial charge in [-0.15, -0.1) is 0 Å². The summed E-state index contributed by atoms with van der Waals surface area (Å²) in [5.41, 5.74) is 1.94. The van der Waals surface area contributed by atoms with Crippen LogP contribution in [0.2, 0.25) is 0 Å². The van der Waals surface area contributed by atoms with E-state index in [4.69, 9.17) is 17.0 Å². The van der Waals surface area contributed by atoms with Gasteiger partial charge in [0, 0.05) is 11.3 Å². The number of rotatable bonds is 5. The van der Waals surface area contributed by atoms with Crippen molar-refractivity contribution in [2.24, 2.45) is 0 Å². The summed E-state index contributed by atoms with van der Waals surface area (Å²) in [5, 5.41) is 15.5. The van der Waals surface area contributed by atoms with Crippen LogP contribution in [0.5, 0.6) is 11.5 Å². The molecular formula is C21H16Br2N2O3S. The van der Waals surface area contributed by atoms with E-state index in [2.05, 4.69) is 42.5 Å². The van der Waals surface area contributed by atoms with Crippen molar-refractivity contribution < 1.29 is 14.6 Å². The zero-order valence-corrected chi connectivity index (χ0v) is 19.0. The third-order valence-electron chi connectivity index (χ3n) is 3.84. The first-order valence-electron chi connectivity index (χ1n) is 8.49. The first-order chi connectivity index (χ1) is 13.9. The number of thiocarbonyl (C=S) groups is 1. The van der Waals surface area contributed by atoms with Gasteiger partial charge in [-0.25, -0.2) is 0 Å². The van der Waals surface area contributed by atoms with Crippen molar-refractivity contribution in [1.82, 2.24) is 5.32 Å². The topological polar surface area (TPSA) is 70.6 Å². The second-order valence-corrected chi connectivity index (χ2v) is 8.12. The van der Waals surface area contributed by atoms with Gasteiger partial charge in [0.25, 0.3) is 5.91 Å². The fraction of sp³-hybridized carbons (Fsp3) is 0.0476. The van der Waals surface area contributed by atoms with E-state index >= 15 is 0 Å². The zero-order valence-electron chi connectivity index (χ0n) is 15.0. The summed E-state index contributed by atoms with van der Waals surface area (Å²) in [7, 11) is 0. The third-order valence-corrected chi connectivity index (χ3v) is 5.25. The molecule has 1 amide bonds. The number of aromatic hydroxyl groups is 1. The molecule has 0 saturated heterocycles. The summed E-state index contributed by atoms with van der Waals surface area (Å²) in [6.45, 7) is 0.351. The number of para-hydroxylation sites is 1. The Balaban J connectivity index is 1.61. The van der Waals surface area contributed by atoms with Crippen molar-refractivity contribution in [2.45, 2.75) is 6.61 Å². The lowest BCUT2D eigenvalue weighted by Crippen LogP contribution is -2.34. The minimum Gasteiger partial charge on any atom is -0.506 e. The van der Waals surface area contributed by atoms with E-state index in [1.54, 1.807) is 30.3 Å². The van der Waals surface area contributed by atoms with E-state index in [1.165, 1.54) is 0 Å². The molecule has 0 spiro atoms. The Hall–Kier alpha value is -2.42. The number of phenolic OH excluding ortho intramolecular Hbond substituents is 1. The molecule has 0 saturated carbocycles. The molecule has 3 aromatic carbocycles. The number of anilines is 1. The molecule has 0 aromatic heterocycles. The summed E-state index contributed by atoms with van der Waals surface area (Å²) in [6, 6.07) is 19.9. The monoisotopic (exact) mass is 534 g/mol. The first-order valence-corrected chi connectivity index (χ1v) is 10.5. The summed E-state index contributed by atoms with van der Waals surface area (Å²) >= 11 is 11.7. The summed E-state index contributed by atoms with van der Waals surface area (Å²) < 4.78 is 6.71. The molecule has 0 bridgehead atoms. The predicted molar refractivity (Wildman–Crippen MR) is 124 cm³/mol. The lowest BCUT2D eigenvalue weighted by molar-refractivity contribution is 0.0977. The lowest BCUT2D eigenvalue weighted by atomic mass is 10.1. The van der Waals surface area contributed by atoms with Gasteiger partial charge in [0.2, 0.25) is 0 Å². The lowest BCUT2D eigenvalue weighted by Gasteiger charge is -2.12. The predicted octanol–water partition coefficient (Wildman–Crippen LogP) is 5.62. The average molecular weight is 536 g/mol. The Labute approximate surface area is 190 Å². The Morgan fingerprint density at radius 3 is 2.38 bits per heavy atom. The molecule has 0 aliphatic rings. The summed E-state index contributed by atoms with van der Waals surface area (Å²) in [6.07, 6.45) is 0. The van der Waals surface area contributed by atoms with Gasteiger partial charge < -0.3 is 15.2 Å². The molecule has 0 heterocycles. The van der Waals surface area contributed by atoms with Crippen molar-refractivity contribution in [1.29, 1.82) is 0 Å². The van der Waals surface area contributed by atoms with Crippen LogP contribution in [0.15, 0.2) is 75.7 Å². The highest BCUT2D eigenvalue weighted by atomic mass is 79.9. The molecule has 0 aliphatic heterocycles. The van der Waals surface area contributed by atoms with Crippen LogP contribution in [0.1, 0.15) is 15.9 Å². The van der Waals surface area contributed by atoms with Gasteiger partial charge in [0.15, 0.2) is 5.11 Å². The number of benzene rings is 3. The summed E-state index contributed by atoms with van der Waals surface area (Å²) in [4.78, 5) is 12.5. The normalized spacial score (nSPS) is 10.3. The number of nitrogens with one attached hydrogen (secondary N) is 2. The number of amides is 1. The number of carbonyl (C=O) groups excluding carboxylic acids is 1. The van der Waals surface area contributed by atoms with Gasteiger partial charge in [0.1, 0.15) is 18.1 Å². The summed E-state index contributed by atoms with van der Waals surface area (Å²) in [5.74, 6) is 0.514. The number of hydrogen-bond acceptors (Lipinski definition) is 4. The molecule has 0 aliphatic carbocycles. The van der Waals surface area contributed by atoms with Crippen LogP contribution in [0.4, 0.5) is 5.69 Å². The van der Waals surface area contributed by atoms with Gasteiger partial charge in [0.05, 0.1) is 8.95 Å². The quantitative estimate of drug-likeness (QED) is 0.292. The van der Waals surface area contributed by atoms with Gasteiger partial charge in [-0.2, -0.15) is 0 Å². The molecule has 8 heteroatoms. The molecule has 0 unspecified atom stereocenters. The number of ether oxygens (including phenoxy) is 1. The van der Waals surface area contributed by atoms with Crippen LogP contribution in [-0.4, -0.2) is 16.1 Å². The Morgan fingerprint density at radius 2 is 1.69 bits per heavy atom. The van der Waals surface area contributed by atoms with Gasteiger partial charge in [-0.3, -0.25) is 10.1 Å². The van der Waals surface area contributed by atoms with E-state index < -0.39 is 0 Å². The Morgan fingerprint density at radius 1 is 1.00 bits per heavy atom. The third kappa shape index (κ3) is 6.03. The van der Waals surface area contributed by atoms with Crippen molar-refractivity contribution >= 4 is 60.8 Å². The second kappa shape index (κ2) is 9.87. The molecule has 0 atom stereocenters. The van der Waals surface area contributed by atoms with Crippen molar-refractivity contribution in [3.8, 4) is 11.5 Å². The minimum absolute atomic E-state index is 0.0834. The molecule has 29 heavy (non-hydrogen) atoms. The SMILES string of the molecule is O=C(NC(=S)Nc1cc(Br)c(O)c(Br)c1)c1cccc(COc2ccccc2)c1. The zero-order chi connectivity index (χ0) is 20.8. The van der Waals surface area contributed by atoms with Gasteiger partial charge >= 0.3 is 0 Å². The van der Waals surface area contributed by atoms with Crippen LogP contribution >= 0.6 is 44.1 Å². The number of carbonyl (C=O) groups is 1. The molecule has 3 rings (SSSR count). The fourth-order valence-corrected chi connectivity index (χ4v) is 3.86. The molecular weight excluding hydrogens is 520 g/mol. The smallest absolute Gasteiger partial charge is 0.257 e. The molecule has 0 radical (unpaired) electrons. The maximum absolute atomic E-state index is 12.5. The highest BCUT2D eigenvalue weighted by Gasteiger charge is 2.11. The maximum atomic E-state index is 12.5. The van der Waals surface area contributed by atoms with Crippen molar-refractivity contribution in [3.05, 3.63) is 86.8 Å². The second-order valence-electron chi connectivity index (χ2n) is 6.00. The molecule has 148 valence electrons. The van der Waals surface area contributed by atoms with Crippen LogP contribution in [0.25, 0.3) is 0 Å². The molecule has 3 N–H and O–H groups in total. The van der Waals surface area contributed by atoms with E-state index in [-0.39, 0.29) is 16.8 Å². The first kappa shape index (κ1) is 21.3. The number of halogens is 2. The number of hydrogen-bond donors (Lipinski definition) is 3. The van der Waals surface area contributed by atoms with Gasteiger partial charge in [-0.1, -0.05) is 30.3 Å². The van der Waals surface area contributed by atoms with E-state index in [0.717, 1.165) is 11.3 Å². The average Bonchev–Trinajstić information content (AvgIpc) is 2.71.